The molecule has 0 atom stereocenters. The predicted octanol–water partition coefficient (Wildman–Crippen LogP) is 3.43. The van der Waals surface area contributed by atoms with Crippen molar-refractivity contribution in [1.29, 1.82) is 0 Å². The number of fused-ring (bicyclic) bond motifs is 1. The van der Waals surface area contributed by atoms with Crippen LogP contribution in [0.1, 0.15) is 32.8 Å². The Morgan fingerprint density at radius 1 is 1.17 bits per heavy atom. The standard InChI is InChI=1S/C21H19FN4O2S/c1-29-21-24-12-18(26(21)14-9-7-13(22)8-10-14)20(28)25-11-3-5-15-16(19(23)27)4-2-6-17(15)25/h2,4,6-10,12H,3,5,11H2,1H3,(H2,23,27). The average Bonchev–Trinajstić information content (AvgIpc) is 3.17. The minimum Gasteiger partial charge on any atom is -0.366 e. The molecule has 2 amide bonds. The smallest absolute Gasteiger partial charge is 0.276 e. The largest absolute Gasteiger partial charge is 0.366 e. The molecule has 0 fully saturated rings. The molecule has 2 N–H and O–H groups in total. The Labute approximate surface area is 171 Å². The van der Waals surface area contributed by atoms with E-state index in [0.717, 1.165) is 12.0 Å². The molecule has 2 aromatic carbocycles. The maximum absolute atomic E-state index is 13.5. The Bertz CT molecular complexity index is 1090. The summed E-state index contributed by atoms with van der Waals surface area (Å²) in [6, 6.07) is 11.2. The molecule has 0 saturated carbocycles. The summed E-state index contributed by atoms with van der Waals surface area (Å²) in [5, 5.41) is 0.628. The van der Waals surface area contributed by atoms with Crippen LogP contribution in [0.2, 0.25) is 0 Å². The highest BCUT2D eigenvalue weighted by atomic mass is 32.2. The number of nitrogens with two attached hydrogens (primary N) is 1. The van der Waals surface area contributed by atoms with Crippen LogP contribution in [0.25, 0.3) is 5.69 Å². The number of hydrogen-bond acceptors (Lipinski definition) is 4. The monoisotopic (exact) mass is 410 g/mol. The lowest BCUT2D eigenvalue weighted by Crippen LogP contribution is -2.37. The van der Waals surface area contributed by atoms with Gasteiger partial charge in [0, 0.05) is 23.5 Å². The third-order valence-corrected chi connectivity index (χ3v) is 5.63. The minimum absolute atomic E-state index is 0.232. The first-order valence-corrected chi connectivity index (χ1v) is 10.3. The number of aromatic nitrogens is 2. The average molecular weight is 410 g/mol. The molecule has 0 radical (unpaired) electrons. The van der Waals surface area contributed by atoms with Crippen molar-refractivity contribution in [2.24, 2.45) is 5.73 Å². The van der Waals surface area contributed by atoms with E-state index in [4.69, 9.17) is 5.73 Å². The van der Waals surface area contributed by atoms with Crippen molar-refractivity contribution in [3.63, 3.8) is 0 Å². The highest BCUT2D eigenvalue weighted by molar-refractivity contribution is 7.98. The van der Waals surface area contributed by atoms with Gasteiger partial charge in [0.2, 0.25) is 5.91 Å². The number of nitrogens with zero attached hydrogens (tertiary/aromatic N) is 3. The second-order valence-corrected chi connectivity index (χ2v) is 7.44. The quantitative estimate of drug-likeness (QED) is 0.668. The summed E-state index contributed by atoms with van der Waals surface area (Å²) < 4.78 is 15.1. The van der Waals surface area contributed by atoms with Crippen LogP contribution in [0.3, 0.4) is 0 Å². The van der Waals surface area contributed by atoms with Gasteiger partial charge in [-0.3, -0.25) is 14.2 Å². The van der Waals surface area contributed by atoms with Crippen molar-refractivity contribution in [3.05, 3.63) is 71.3 Å². The highest BCUT2D eigenvalue weighted by Gasteiger charge is 2.29. The van der Waals surface area contributed by atoms with E-state index >= 15 is 0 Å². The fourth-order valence-corrected chi connectivity index (χ4v) is 4.22. The molecule has 2 heterocycles. The fraction of sp³-hybridized carbons (Fsp3) is 0.190. The van der Waals surface area contributed by atoms with Crippen LogP contribution in [0.5, 0.6) is 0 Å². The van der Waals surface area contributed by atoms with Gasteiger partial charge >= 0.3 is 0 Å². The molecule has 29 heavy (non-hydrogen) atoms. The highest BCUT2D eigenvalue weighted by Crippen LogP contribution is 2.32. The molecule has 0 aliphatic carbocycles. The number of anilines is 1. The summed E-state index contributed by atoms with van der Waals surface area (Å²) in [7, 11) is 0. The number of carbonyl (C=O) groups is 2. The molecular formula is C21H19FN4O2S. The molecule has 6 nitrogen and oxygen atoms in total. The van der Waals surface area contributed by atoms with E-state index in [1.807, 2.05) is 12.3 Å². The summed E-state index contributed by atoms with van der Waals surface area (Å²) in [5.74, 6) is -1.08. The molecule has 8 heteroatoms. The summed E-state index contributed by atoms with van der Waals surface area (Å²) in [6.45, 7) is 0.525. The Hall–Kier alpha value is -3.13. The third kappa shape index (κ3) is 3.40. The van der Waals surface area contributed by atoms with Crippen molar-refractivity contribution in [2.45, 2.75) is 18.0 Å². The van der Waals surface area contributed by atoms with Crippen LogP contribution >= 0.6 is 11.8 Å². The Morgan fingerprint density at radius 2 is 1.93 bits per heavy atom. The number of amides is 2. The predicted molar refractivity (Wildman–Crippen MR) is 110 cm³/mol. The van der Waals surface area contributed by atoms with Crippen molar-refractivity contribution < 1.29 is 14.0 Å². The van der Waals surface area contributed by atoms with Gasteiger partial charge in [-0.25, -0.2) is 9.37 Å². The summed E-state index contributed by atoms with van der Waals surface area (Å²) in [4.78, 5) is 31.3. The molecule has 3 aromatic rings. The van der Waals surface area contributed by atoms with E-state index in [-0.39, 0.29) is 11.7 Å². The van der Waals surface area contributed by atoms with E-state index in [1.165, 1.54) is 30.1 Å². The van der Waals surface area contributed by atoms with Crippen LogP contribution in [0.15, 0.2) is 53.8 Å². The van der Waals surface area contributed by atoms with E-state index in [1.54, 1.807) is 33.7 Å². The van der Waals surface area contributed by atoms with Gasteiger partial charge in [0.05, 0.1) is 6.20 Å². The van der Waals surface area contributed by atoms with Crippen molar-refractivity contribution in [3.8, 4) is 5.69 Å². The third-order valence-electron chi connectivity index (χ3n) is 4.98. The second kappa shape index (κ2) is 7.71. The SMILES string of the molecule is CSc1ncc(C(=O)N2CCCc3c(C(N)=O)cccc32)n1-c1ccc(F)cc1. The van der Waals surface area contributed by atoms with Gasteiger partial charge in [0.25, 0.3) is 5.91 Å². The first-order valence-electron chi connectivity index (χ1n) is 9.12. The van der Waals surface area contributed by atoms with E-state index in [0.29, 0.717) is 40.8 Å². The van der Waals surface area contributed by atoms with Gasteiger partial charge in [0.1, 0.15) is 11.5 Å². The van der Waals surface area contributed by atoms with Gasteiger partial charge in [-0.2, -0.15) is 0 Å². The van der Waals surface area contributed by atoms with Gasteiger partial charge in [0.15, 0.2) is 5.16 Å². The lowest BCUT2D eigenvalue weighted by atomic mass is 9.95. The molecule has 148 valence electrons. The zero-order valence-corrected chi connectivity index (χ0v) is 16.6. The number of carbonyl (C=O) groups excluding carboxylic acids is 2. The molecule has 1 aromatic heterocycles. The number of thioether (sulfide) groups is 1. The van der Waals surface area contributed by atoms with E-state index in [2.05, 4.69) is 4.98 Å². The number of rotatable bonds is 4. The normalized spacial score (nSPS) is 13.2. The molecule has 4 rings (SSSR count). The molecule has 0 saturated heterocycles. The molecule has 0 spiro atoms. The maximum atomic E-state index is 13.5. The topological polar surface area (TPSA) is 81.2 Å². The number of hydrogen-bond donors (Lipinski definition) is 1. The second-order valence-electron chi connectivity index (χ2n) is 6.67. The maximum Gasteiger partial charge on any atom is 0.276 e. The zero-order valence-electron chi connectivity index (χ0n) is 15.8. The number of primary amides is 1. The Kier molecular flexibility index (Phi) is 5.10. The van der Waals surface area contributed by atoms with Gasteiger partial charge in [-0.1, -0.05) is 17.8 Å². The van der Waals surface area contributed by atoms with Crippen LogP contribution < -0.4 is 10.6 Å². The van der Waals surface area contributed by atoms with E-state index in [9.17, 15) is 14.0 Å². The van der Waals surface area contributed by atoms with Crippen molar-refractivity contribution in [2.75, 3.05) is 17.7 Å². The van der Waals surface area contributed by atoms with Gasteiger partial charge in [-0.15, -0.1) is 0 Å². The van der Waals surface area contributed by atoms with Crippen molar-refractivity contribution in [1.82, 2.24) is 9.55 Å². The first kappa shape index (κ1) is 19.2. The molecule has 0 unspecified atom stereocenters. The molecule has 1 aliphatic rings. The summed E-state index contributed by atoms with van der Waals surface area (Å²) in [6.07, 6.45) is 4.81. The van der Waals surface area contributed by atoms with Crippen LogP contribution in [0.4, 0.5) is 10.1 Å². The zero-order chi connectivity index (χ0) is 20.5. The molecular weight excluding hydrogens is 391 g/mol. The number of imidazole rings is 1. The van der Waals surface area contributed by atoms with Gasteiger partial charge in [-0.05, 0) is 61.1 Å². The number of halogens is 1. The van der Waals surface area contributed by atoms with Crippen LogP contribution in [-0.2, 0) is 6.42 Å². The first-order chi connectivity index (χ1) is 14.0. The minimum atomic E-state index is -0.503. The summed E-state index contributed by atoms with van der Waals surface area (Å²) in [5.41, 5.74) is 8.46. The lowest BCUT2D eigenvalue weighted by Gasteiger charge is -2.30. The van der Waals surface area contributed by atoms with Crippen LogP contribution in [0, 0.1) is 5.82 Å². The fourth-order valence-electron chi connectivity index (χ4n) is 3.67. The number of benzene rings is 2. The lowest BCUT2D eigenvalue weighted by molar-refractivity contribution is 0.0972. The van der Waals surface area contributed by atoms with E-state index < -0.39 is 5.91 Å². The molecule has 1 aliphatic heterocycles. The summed E-state index contributed by atoms with van der Waals surface area (Å²) >= 11 is 1.40. The Morgan fingerprint density at radius 3 is 2.62 bits per heavy atom. The van der Waals surface area contributed by atoms with Crippen molar-refractivity contribution >= 4 is 29.3 Å². The Balaban J connectivity index is 1.80. The van der Waals surface area contributed by atoms with Gasteiger partial charge < -0.3 is 10.6 Å². The van der Waals surface area contributed by atoms with Crippen LogP contribution in [-0.4, -0.2) is 34.2 Å². The molecule has 0 bridgehead atoms.